The molecule has 13 heteroatoms. The van der Waals surface area contributed by atoms with Gasteiger partial charge in [-0.3, -0.25) is 9.88 Å². The van der Waals surface area contributed by atoms with E-state index >= 15 is 0 Å². The highest BCUT2D eigenvalue weighted by Gasteiger charge is 2.26. The van der Waals surface area contributed by atoms with E-state index in [4.69, 9.17) is 21.1 Å². The molecule has 0 saturated carbocycles. The molecule has 0 aliphatic carbocycles. The number of aromatic nitrogens is 3. The van der Waals surface area contributed by atoms with Crippen LogP contribution in [0.3, 0.4) is 0 Å². The normalized spacial score (nSPS) is 16.7. The first kappa shape index (κ1) is 29.9. The average molecular weight is 619 g/mol. The lowest BCUT2D eigenvalue weighted by atomic mass is 10.1. The van der Waals surface area contributed by atoms with E-state index in [1.165, 1.54) is 18.2 Å². The molecule has 8 nitrogen and oxygen atoms in total. The molecule has 1 atom stereocenters. The number of benzene rings is 2. The van der Waals surface area contributed by atoms with Crippen molar-refractivity contribution in [2.24, 2.45) is 0 Å². The average Bonchev–Trinajstić information content (AvgIpc) is 3.51. The molecule has 42 heavy (non-hydrogen) atoms. The summed E-state index contributed by atoms with van der Waals surface area (Å²) < 4.78 is 56.6. The van der Waals surface area contributed by atoms with Crippen molar-refractivity contribution in [3.63, 3.8) is 0 Å². The monoisotopic (exact) mass is 618 g/mol. The maximum atomic E-state index is 14.8. The van der Waals surface area contributed by atoms with Crippen LogP contribution in [0.15, 0.2) is 48.7 Å². The summed E-state index contributed by atoms with van der Waals surface area (Å²) in [4.78, 5) is 22.2. The van der Waals surface area contributed by atoms with Gasteiger partial charge < -0.3 is 19.1 Å². The van der Waals surface area contributed by atoms with Gasteiger partial charge in [0.15, 0.2) is 17.4 Å². The molecule has 0 unspecified atom stereocenters. The van der Waals surface area contributed by atoms with Crippen LogP contribution in [-0.2, 0) is 24.4 Å². The maximum absolute atomic E-state index is 14.8. The molecular formula is C29H26ClF3N4O4S. The van der Waals surface area contributed by atoms with E-state index in [2.05, 4.69) is 9.97 Å². The SMILES string of the molecule is O=C(O)c1cc(F)c2nc(CN3CC=C(c4cc(COc5ccc(Cl)cc5F)ncc4F)C3)n(C[C@@H]3CCO3)c2c1.S. The van der Waals surface area contributed by atoms with Crippen molar-refractivity contribution in [1.82, 2.24) is 19.4 Å². The predicted octanol–water partition coefficient (Wildman–Crippen LogP) is 5.58. The summed E-state index contributed by atoms with van der Waals surface area (Å²) in [6, 6.07) is 8.04. The molecule has 1 N–H and O–H groups in total. The van der Waals surface area contributed by atoms with Crippen molar-refractivity contribution in [3.05, 3.63) is 93.8 Å². The van der Waals surface area contributed by atoms with Gasteiger partial charge in [-0.15, -0.1) is 0 Å². The number of carboxylic acids is 1. The van der Waals surface area contributed by atoms with Gasteiger partial charge in [-0.2, -0.15) is 13.5 Å². The first-order valence-electron chi connectivity index (χ1n) is 12.9. The van der Waals surface area contributed by atoms with E-state index in [-0.39, 0.29) is 48.1 Å². The summed E-state index contributed by atoms with van der Waals surface area (Å²) in [5.41, 5.74) is 1.83. The molecular weight excluding hydrogens is 593 g/mol. The van der Waals surface area contributed by atoms with Crippen LogP contribution in [-0.4, -0.2) is 56.3 Å². The molecule has 4 aromatic rings. The van der Waals surface area contributed by atoms with Crippen LogP contribution in [0, 0.1) is 17.5 Å². The van der Waals surface area contributed by atoms with Crippen LogP contribution in [0.4, 0.5) is 13.2 Å². The lowest BCUT2D eigenvalue weighted by molar-refractivity contribution is -0.0591. The number of nitrogens with zero attached hydrogens (tertiary/aromatic N) is 4. The van der Waals surface area contributed by atoms with Crippen LogP contribution in [0.1, 0.15) is 33.9 Å². The van der Waals surface area contributed by atoms with Gasteiger partial charge in [0.05, 0.1) is 42.2 Å². The number of halogens is 4. The van der Waals surface area contributed by atoms with E-state index in [0.717, 1.165) is 30.3 Å². The Labute approximate surface area is 250 Å². The second-order valence-electron chi connectivity index (χ2n) is 9.97. The third-order valence-corrected chi connectivity index (χ3v) is 7.43. The minimum Gasteiger partial charge on any atom is -0.484 e. The quantitative estimate of drug-likeness (QED) is 0.262. The molecule has 2 aromatic heterocycles. The number of fused-ring (bicyclic) bond motifs is 1. The summed E-state index contributed by atoms with van der Waals surface area (Å²) in [6.45, 7) is 2.19. The molecule has 0 bridgehead atoms. The molecule has 220 valence electrons. The molecule has 0 spiro atoms. The molecule has 1 saturated heterocycles. The van der Waals surface area contributed by atoms with E-state index in [0.29, 0.717) is 55.4 Å². The maximum Gasteiger partial charge on any atom is 0.335 e. The Morgan fingerprint density at radius 3 is 2.67 bits per heavy atom. The smallest absolute Gasteiger partial charge is 0.335 e. The number of pyridine rings is 1. The van der Waals surface area contributed by atoms with Gasteiger partial charge in [-0.05, 0) is 48.4 Å². The topological polar surface area (TPSA) is 89.7 Å². The third kappa shape index (κ3) is 6.12. The van der Waals surface area contributed by atoms with E-state index in [1.54, 1.807) is 6.07 Å². The van der Waals surface area contributed by atoms with Gasteiger partial charge in [0.25, 0.3) is 0 Å². The van der Waals surface area contributed by atoms with Gasteiger partial charge in [-0.1, -0.05) is 17.7 Å². The van der Waals surface area contributed by atoms with Crippen LogP contribution < -0.4 is 4.74 Å². The lowest BCUT2D eigenvalue weighted by Gasteiger charge is -2.28. The molecule has 2 aromatic carbocycles. The standard InChI is InChI=1S/C29H24ClF3N4O4.H2S/c30-18-1-2-26(22(31)9-18)41-15-19-10-21(24(33)11-34-19)16-3-5-36(12-16)14-27-35-28-23(32)7-17(29(38)39)8-25(28)37(27)13-20-4-6-40-20;/h1-3,7-11,20H,4-6,12-15H2,(H,38,39);1H2/t20-;/m0./s1. The van der Waals surface area contributed by atoms with Gasteiger partial charge >= 0.3 is 5.97 Å². The van der Waals surface area contributed by atoms with E-state index in [9.17, 15) is 23.1 Å². The lowest BCUT2D eigenvalue weighted by Crippen LogP contribution is -2.32. The largest absolute Gasteiger partial charge is 0.484 e. The van der Waals surface area contributed by atoms with E-state index < -0.39 is 23.4 Å². The molecule has 2 aliphatic heterocycles. The van der Waals surface area contributed by atoms with Crippen LogP contribution in [0.25, 0.3) is 16.6 Å². The van der Waals surface area contributed by atoms with Crippen molar-refractivity contribution in [3.8, 4) is 5.75 Å². The second-order valence-corrected chi connectivity index (χ2v) is 10.4. The molecule has 0 amide bonds. The zero-order valence-electron chi connectivity index (χ0n) is 22.1. The summed E-state index contributed by atoms with van der Waals surface area (Å²) in [5, 5.41) is 9.68. The van der Waals surface area contributed by atoms with E-state index in [1.807, 2.05) is 15.5 Å². The molecule has 2 aliphatic rings. The number of aromatic carboxylic acids is 1. The zero-order chi connectivity index (χ0) is 28.7. The second kappa shape index (κ2) is 12.3. The van der Waals surface area contributed by atoms with Crippen LogP contribution >= 0.6 is 25.1 Å². The highest BCUT2D eigenvalue weighted by Crippen LogP contribution is 2.29. The third-order valence-electron chi connectivity index (χ3n) is 7.20. The highest BCUT2D eigenvalue weighted by molar-refractivity contribution is 7.59. The predicted molar refractivity (Wildman–Crippen MR) is 155 cm³/mol. The van der Waals surface area contributed by atoms with Crippen molar-refractivity contribution in [2.45, 2.75) is 32.2 Å². The van der Waals surface area contributed by atoms with Crippen molar-refractivity contribution >= 4 is 47.7 Å². The van der Waals surface area contributed by atoms with Crippen molar-refractivity contribution in [2.75, 3.05) is 19.7 Å². The molecule has 6 rings (SSSR count). The Kier molecular flexibility index (Phi) is 8.78. The highest BCUT2D eigenvalue weighted by atomic mass is 35.5. The minimum absolute atomic E-state index is 0. The number of hydrogen-bond acceptors (Lipinski definition) is 6. The Bertz CT molecular complexity index is 1700. The Balaban J connectivity index is 0.00000353. The number of carboxylic acid groups (broad SMARTS) is 1. The summed E-state index contributed by atoms with van der Waals surface area (Å²) >= 11 is 5.78. The van der Waals surface area contributed by atoms with Gasteiger partial charge in [0.1, 0.15) is 23.8 Å². The summed E-state index contributed by atoms with van der Waals surface area (Å²) in [6.07, 6.45) is 3.78. The molecule has 1 fully saturated rings. The fourth-order valence-electron chi connectivity index (χ4n) is 4.99. The van der Waals surface area contributed by atoms with Crippen molar-refractivity contribution in [1.29, 1.82) is 0 Å². The first-order valence-corrected chi connectivity index (χ1v) is 13.3. The zero-order valence-corrected chi connectivity index (χ0v) is 23.9. The fraction of sp³-hybridized carbons (Fsp3) is 0.276. The Morgan fingerprint density at radius 2 is 1.95 bits per heavy atom. The van der Waals surface area contributed by atoms with Gasteiger partial charge in [-0.25, -0.2) is 22.9 Å². The first-order chi connectivity index (χ1) is 19.7. The fourth-order valence-corrected chi connectivity index (χ4v) is 5.14. The number of carbonyl (C=O) groups is 1. The van der Waals surface area contributed by atoms with Crippen LogP contribution in [0.2, 0.25) is 5.02 Å². The Morgan fingerprint density at radius 1 is 1.14 bits per heavy atom. The summed E-state index contributed by atoms with van der Waals surface area (Å²) in [5.74, 6) is -2.48. The minimum atomic E-state index is -1.23. The molecule has 0 radical (unpaired) electrons. The number of rotatable bonds is 9. The van der Waals surface area contributed by atoms with Crippen molar-refractivity contribution < 1.29 is 32.5 Å². The number of ether oxygens (including phenoxy) is 2. The number of hydrogen-bond donors (Lipinski definition) is 1. The summed E-state index contributed by atoms with van der Waals surface area (Å²) in [7, 11) is 0. The Hall–Kier alpha value is -3.58. The van der Waals surface area contributed by atoms with Crippen LogP contribution in [0.5, 0.6) is 5.75 Å². The van der Waals surface area contributed by atoms with Gasteiger partial charge in [0.2, 0.25) is 0 Å². The number of imidazole rings is 1. The molecule has 4 heterocycles. The van der Waals surface area contributed by atoms with Gasteiger partial charge in [0, 0.05) is 30.3 Å².